The molecule has 3 rings (SSSR count). The molecule has 0 bridgehead atoms. The van der Waals surface area contributed by atoms with Crippen LogP contribution in [0.15, 0.2) is 72.9 Å². The Morgan fingerprint density at radius 3 is 2.68 bits per heavy atom. The summed E-state index contributed by atoms with van der Waals surface area (Å²) in [7, 11) is 0. The molecule has 0 aliphatic rings. The molecule has 0 saturated heterocycles. The quantitative estimate of drug-likeness (QED) is 0.746. The highest BCUT2D eigenvalue weighted by atomic mass is 16.1. The summed E-state index contributed by atoms with van der Waals surface area (Å²) < 4.78 is 0. The normalized spacial score (nSPS) is 10.9. The van der Waals surface area contributed by atoms with Gasteiger partial charge in [0.05, 0.1) is 5.52 Å². The van der Waals surface area contributed by atoms with E-state index in [4.69, 9.17) is 0 Å². The topological polar surface area (TPSA) is 42.0 Å². The molecule has 108 valence electrons. The fourth-order valence-corrected chi connectivity index (χ4v) is 2.20. The molecular formula is C19H16N2O. The Balaban J connectivity index is 1.63. The lowest BCUT2D eigenvalue weighted by Gasteiger charge is -2.02. The maximum Gasteiger partial charge on any atom is 0.244 e. The number of aromatic nitrogens is 1. The second kappa shape index (κ2) is 6.68. The van der Waals surface area contributed by atoms with Crippen LogP contribution in [0.5, 0.6) is 0 Å². The number of rotatable bonds is 4. The summed E-state index contributed by atoms with van der Waals surface area (Å²) in [5, 5.41) is 3.92. The average molecular weight is 288 g/mol. The summed E-state index contributed by atoms with van der Waals surface area (Å²) in [6, 6.07) is 19.8. The van der Waals surface area contributed by atoms with Crippen molar-refractivity contribution in [3.8, 4) is 0 Å². The summed E-state index contributed by atoms with van der Waals surface area (Å²) in [6.45, 7) is 0.528. The Morgan fingerprint density at radius 1 is 1.05 bits per heavy atom. The molecule has 22 heavy (non-hydrogen) atoms. The number of fused-ring (bicyclic) bond motifs is 1. The summed E-state index contributed by atoms with van der Waals surface area (Å²) in [5.74, 6) is -0.114. The minimum Gasteiger partial charge on any atom is -0.348 e. The van der Waals surface area contributed by atoms with E-state index in [9.17, 15) is 4.79 Å². The third kappa shape index (κ3) is 3.58. The van der Waals surface area contributed by atoms with E-state index in [0.717, 1.165) is 22.0 Å². The van der Waals surface area contributed by atoms with Crippen LogP contribution in [0.1, 0.15) is 11.1 Å². The third-order valence-corrected chi connectivity index (χ3v) is 3.35. The van der Waals surface area contributed by atoms with Crippen molar-refractivity contribution in [3.63, 3.8) is 0 Å². The molecule has 1 aromatic heterocycles. The number of carbonyl (C=O) groups is 1. The average Bonchev–Trinajstić information content (AvgIpc) is 2.59. The van der Waals surface area contributed by atoms with Crippen molar-refractivity contribution in [2.24, 2.45) is 0 Å². The molecule has 1 heterocycles. The number of nitrogens with zero attached hydrogens (tertiary/aromatic N) is 1. The van der Waals surface area contributed by atoms with Gasteiger partial charge in [0.15, 0.2) is 0 Å². The van der Waals surface area contributed by atoms with Gasteiger partial charge in [-0.05, 0) is 29.3 Å². The Hall–Kier alpha value is -2.94. The second-order valence-electron chi connectivity index (χ2n) is 5.00. The van der Waals surface area contributed by atoms with E-state index in [1.165, 1.54) is 6.08 Å². The molecule has 0 aliphatic carbocycles. The minimum atomic E-state index is -0.114. The first-order valence-electron chi connectivity index (χ1n) is 7.16. The molecule has 0 saturated carbocycles. The van der Waals surface area contributed by atoms with E-state index in [-0.39, 0.29) is 5.91 Å². The van der Waals surface area contributed by atoms with E-state index >= 15 is 0 Å². The van der Waals surface area contributed by atoms with Gasteiger partial charge < -0.3 is 5.32 Å². The van der Waals surface area contributed by atoms with Gasteiger partial charge in [0.2, 0.25) is 5.91 Å². The first kappa shape index (κ1) is 14.0. The zero-order chi connectivity index (χ0) is 15.2. The van der Waals surface area contributed by atoms with E-state index in [2.05, 4.69) is 10.3 Å². The molecule has 3 aromatic rings. The Bertz CT molecular complexity index is 810. The van der Waals surface area contributed by atoms with Crippen LogP contribution in [0.4, 0.5) is 0 Å². The smallest absolute Gasteiger partial charge is 0.244 e. The Labute approximate surface area is 129 Å². The lowest BCUT2D eigenvalue weighted by molar-refractivity contribution is -0.116. The molecule has 0 atom stereocenters. The number of hydrogen-bond acceptors (Lipinski definition) is 2. The number of amides is 1. The molecule has 0 unspecified atom stereocenters. The molecular weight excluding hydrogens is 272 g/mol. The van der Waals surface area contributed by atoms with Gasteiger partial charge in [-0.1, -0.05) is 48.5 Å². The number of benzene rings is 2. The van der Waals surface area contributed by atoms with Gasteiger partial charge in [0.25, 0.3) is 0 Å². The van der Waals surface area contributed by atoms with Crippen molar-refractivity contribution in [3.05, 3.63) is 84.1 Å². The third-order valence-electron chi connectivity index (χ3n) is 3.35. The van der Waals surface area contributed by atoms with Crippen LogP contribution >= 0.6 is 0 Å². The van der Waals surface area contributed by atoms with Crippen LogP contribution in [0.2, 0.25) is 0 Å². The molecule has 3 heteroatoms. The first-order chi connectivity index (χ1) is 10.8. The predicted molar refractivity (Wildman–Crippen MR) is 89.1 cm³/mol. The van der Waals surface area contributed by atoms with Gasteiger partial charge in [0, 0.05) is 24.2 Å². The van der Waals surface area contributed by atoms with Gasteiger partial charge in [-0.2, -0.15) is 0 Å². The fraction of sp³-hybridized carbons (Fsp3) is 0.0526. The monoisotopic (exact) mass is 288 g/mol. The zero-order valence-corrected chi connectivity index (χ0v) is 12.1. The molecule has 0 fully saturated rings. The van der Waals surface area contributed by atoms with Crippen molar-refractivity contribution < 1.29 is 4.79 Å². The summed E-state index contributed by atoms with van der Waals surface area (Å²) in [6.07, 6.45) is 5.08. The lowest BCUT2D eigenvalue weighted by atomic mass is 10.1. The second-order valence-corrected chi connectivity index (χ2v) is 5.00. The van der Waals surface area contributed by atoms with Crippen molar-refractivity contribution in [1.82, 2.24) is 10.3 Å². The number of pyridine rings is 1. The van der Waals surface area contributed by atoms with Crippen LogP contribution in [0.3, 0.4) is 0 Å². The number of hydrogen-bond donors (Lipinski definition) is 1. The van der Waals surface area contributed by atoms with Gasteiger partial charge in [0.1, 0.15) is 0 Å². The van der Waals surface area contributed by atoms with Gasteiger partial charge >= 0.3 is 0 Å². The van der Waals surface area contributed by atoms with Crippen LogP contribution in [-0.4, -0.2) is 10.9 Å². The molecule has 2 aromatic carbocycles. The van der Waals surface area contributed by atoms with E-state index in [0.29, 0.717) is 6.54 Å². The van der Waals surface area contributed by atoms with Gasteiger partial charge in [-0.15, -0.1) is 0 Å². The highest BCUT2D eigenvalue weighted by molar-refractivity contribution is 5.92. The molecule has 3 nitrogen and oxygen atoms in total. The maximum absolute atomic E-state index is 11.8. The van der Waals surface area contributed by atoms with Crippen molar-refractivity contribution in [1.29, 1.82) is 0 Å². The SMILES string of the molecule is O=C(/C=C/c1cnc2ccccc2c1)NCc1ccccc1. The van der Waals surface area contributed by atoms with E-state index < -0.39 is 0 Å². The molecule has 0 radical (unpaired) electrons. The molecule has 0 aliphatic heterocycles. The lowest BCUT2D eigenvalue weighted by Crippen LogP contribution is -2.20. The number of para-hydroxylation sites is 1. The van der Waals surface area contributed by atoms with Gasteiger partial charge in [-0.3, -0.25) is 9.78 Å². The largest absolute Gasteiger partial charge is 0.348 e. The number of carbonyl (C=O) groups excluding carboxylic acids is 1. The minimum absolute atomic E-state index is 0.114. The summed E-state index contributed by atoms with van der Waals surface area (Å²) in [4.78, 5) is 16.2. The van der Waals surface area contributed by atoms with Crippen LogP contribution in [0.25, 0.3) is 17.0 Å². The van der Waals surface area contributed by atoms with Crippen LogP contribution < -0.4 is 5.32 Å². The Morgan fingerprint density at radius 2 is 1.82 bits per heavy atom. The fourth-order valence-electron chi connectivity index (χ4n) is 2.20. The Kier molecular flexibility index (Phi) is 4.25. The predicted octanol–water partition coefficient (Wildman–Crippen LogP) is 3.56. The standard InChI is InChI=1S/C19H16N2O/c22-19(21-13-15-6-2-1-3-7-15)11-10-16-12-17-8-4-5-9-18(17)20-14-16/h1-12,14H,13H2,(H,21,22)/b11-10+. The highest BCUT2D eigenvalue weighted by Crippen LogP contribution is 2.13. The summed E-state index contributed by atoms with van der Waals surface area (Å²) in [5.41, 5.74) is 2.94. The maximum atomic E-state index is 11.8. The van der Waals surface area contributed by atoms with Gasteiger partial charge in [-0.25, -0.2) is 0 Å². The van der Waals surface area contributed by atoms with Crippen molar-refractivity contribution >= 4 is 22.9 Å². The zero-order valence-electron chi connectivity index (χ0n) is 12.1. The van der Waals surface area contributed by atoms with E-state index in [1.807, 2.05) is 60.7 Å². The summed E-state index contributed by atoms with van der Waals surface area (Å²) >= 11 is 0. The van der Waals surface area contributed by atoms with Crippen LogP contribution in [-0.2, 0) is 11.3 Å². The molecule has 1 amide bonds. The highest BCUT2D eigenvalue weighted by Gasteiger charge is 1.98. The number of nitrogens with one attached hydrogen (secondary N) is 1. The first-order valence-corrected chi connectivity index (χ1v) is 7.16. The molecule has 0 spiro atoms. The van der Waals surface area contributed by atoms with Crippen LogP contribution in [0, 0.1) is 0 Å². The molecule has 1 N–H and O–H groups in total. The van der Waals surface area contributed by atoms with Crippen molar-refractivity contribution in [2.45, 2.75) is 6.54 Å². The van der Waals surface area contributed by atoms with E-state index in [1.54, 1.807) is 12.3 Å². The van der Waals surface area contributed by atoms with Crippen molar-refractivity contribution in [2.75, 3.05) is 0 Å².